The van der Waals surface area contributed by atoms with Crippen LogP contribution in [0, 0.1) is 13.8 Å². The normalized spacial score (nSPS) is 12.0. The topological polar surface area (TPSA) is 88.2 Å². The molecular formula is C17H28N6OS. The third-order valence-corrected chi connectivity index (χ3v) is 4.78. The summed E-state index contributed by atoms with van der Waals surface area (Å²) >= 11 is 1.75. The first kappa shape index (κ1) is 19.4. The van der Waals surface area contributed by atoms with Gasteiger partial charge in [-0.1, -0.05) is 19.0 Å². The van der Waals surface area contributed by atoms with E-state index in [0.717, 1.165) is 35.5 Å². The third kappa shape index (κ3) is 6.12. The minimum Gasteiger partial charge on any atom is -0.357 e. The molecule has 7 nitrogen and oxygen atoms in total. The number of aryl methyl sites for hydroxylation is 2. The van der Waals surface area contributed by atoms with Crippen molar-refractivity contribution in [2.24, 2.45) is 4.99 Å². The van der Waals surface area contributed by atoms with Crippen LogP contribution in [0.2, 0.25) is 0 Å². The van der Waals surface area contributed by atoms with Crippen molar-refractivity contribution in [1.82, 2.24) is 25.8 Å². The molecule has 0 bridgehead atoms. The van der Waals surface area contributed by atoms with Crippen LogP contribution in [-0.4, -0.2) is 40.7 Å². The van der Waals surface area contributed by atoms with E-state index in [0.29, 0.717) is 25.4 Å². The quantitative estimate of drug-likeness (QED) is 0.553. The van der Waals surface area contributed by atoms with Gasteiger partial charge in [-0.3, -0.25) is 4.99 Å². The molecule has 0 saturated heterocycles. The molecule has 2 heterocycles. The van der Waals surface area contributed by atoms with Crippen molar-refractivity contribution >= 4 is 17.3 Å². The van der Waals surface area contributed by atoms with Crippen molar-refractivity contribution in [3.63, 3.8) is 0 Å². The molecule has 0 fully saturated rings. The van der Waals surface area contributed by atoms with Crippen molar-refractivity contribution in [3.05, 3.63) is 27.3 Å². The minimum atomic E-state index is 0.280. The van der Waals surface area contributed by atoms with Crippen LogP contribution in [0.4, 0.5) is 0 Å². The zero-order valence-corrected chi connectivity index (χ0v) is 16.5. The highest BCUT2D eigenvalue weighted by Gasteiger charge is 2.09. The predicted octanol–water partition coefficient (Wildman–Crippen LogP) is 2.61. The monoisotopic (exact) mass is 364 g/mol. The van der Waals surface area contributed by atoms with E-state index >= 15 is 0 Å². The van der Waals surface area contributed by atoms with E-state index in [4.69, 9.17) is 4.52 Å². The van der Waals surface area contributed by atoms with Crippen LogP contribution in [-0.2, 0) is 12.8 Å². The average molecular weight is 365 g/mol. The Morgan fingerprint density at radius 3 is 2.60 bits per heavy atom. The molecule has 0 unspecified atom stereocenters. The van der Waals surface area contributed by atoms with Crippen molar-refractivity contribution in [1.29, 1.82) is 0 Å². The van der Waals surface area contributed by atoms with Crippen LogP contribution in [0.15, 0.2) is 9.52 Å². The van der Waals surface area contributed by atoms with E-state index < -0.39 is 0 Å². The average Bonchev–Trinajstić information content (AvgIpc) is 3.15. The van der Waals surface area contributed by atoms with E-state index in [1.54, 1.807) is 11.3 Å². The molecule has 0 spiro atoms. The van der Waals surface area contributed by atoms with E-state index in [1.807, 2.05) is 20.8 Å². The fraction of sp³-hybridized carbons (Fsp3) is 0.647. The van der Waals surface area contributed by atoms with Gasteiger partial charge >= 0.3 is 0 Å². The largest absolute Gasteiger partial charge is 0.357 e. The molecule has 0 radical (unpaired) electrons. The summed E-state index contributed by atoms with van der Waals surface area (Å²) in [7, 11) is 0. The van der Waals surface area contributed by atoms with E-state index in [-0.39, 0.29) is 5.92 Å². The molecule has 0 aliphatic carbocycles. The number of nitrogens with zero attached hydrogens (tertiary/aromatic N) is 4. The van der Waals surface area contributed by atoms with Crippen LogP contribution in [0.3, 0.4) is 0 Å². The van der Waals surface area contributed by atoms with Gasteiger partial charge in [-0.2, -0.15) is 4.98 Å². The Bertz CT molecular complexity index is 672. The number of aliphatic imine (C=N–C) groups is 1. The second-order valence-corrected chi connectivity index (χ2v) is 7.43. The summed E-state index contributed by atoms with van der Waals surface area (Å²) in [6.45, 7) is 12.5. The number of guanidine groups is 1. The van der Waals surface area contributed by atoms with Crippen LogP contribution in [0.25, 0.3) is 0 Å². The molecule has 2 rings (SSSR count). The van der Waals surface area contributed by atoms with Crippen LogP contribution in [0.5, 0.6) is 0 Å². The van der Waals surface area contributed by atoms with Gasteiger partial charge in [0.2, 0.25) is 5.89 Å². The van der Waals surface area contributed by atoms with Crippen molar-refractivity contribution < 1.29 is 4.52 Å². The molecule has 2 aromatic rings. The summed E-state index contributed by atoms with van der Waals surface area (Å²) in [5, 5.41) is 11.7. The molecule has 0 saturated carbocycles. The highest BCUT2D eigenvalue weighted by molar-refractivity contribution is 7.11. The molecule has 0 aliphatic heterocycles. The Morgan fingerprint density at radius 1 is 1.20 bits per heavy atom. The SMILES string of the molecule is CCNC(=NCCc1nc(C)c(C)s1)NCCc1nc(C(C)C)no1. The Labute approximate surface area is 153 Å². The van der Waals surface area contributed by atoms with Gasteiger partial charge < -0.3 is 15.2 Å². The molecule has 138 valence electrons. The lowest BCUT2D eigenvalue weighted by atomic mass is 10.2. The van der Waals surface area contributed by atoms with E-state index in [1.165, 1.54) is 4.88 Å². The standard InChI is InChI=1S/C17H28N6OS/c1-6-18-17(20-10-8-15-21-12(4)13(5)25-15)19-9-7-14-22-16(11(2)3)23-24-14/h11H,6-10H2,1-5H3,(H2,18,19,20). The number of hydrogen-bond donors (Lipinski definition) is 2. The summed E-state index contributed by atoms with van der Waals surface area (Å²) in [4.78, 5) is 14.8. The van der Waals surface area contributed by atoms with Crippen molar-refractivity contribution in [2.45, 2.75) is 53.4 Å². The lowest BCUT2D eigenvalue weighted by molar-refractivity contribution is 0.371. The van der Waals surface area contributed by atoms with Gasteiger partial charge in [0.25, 0.3) is 0 Å². The molecule has 0 aromatic carbocycles. The summed E-state index contributed by atoms with van der Waals surface area (Å²) in [5.41, 5.74) is 1.12. The summed E-state index contributed by atoms with van der Waals surface area (Å²) in [6.07, 6.45) is 1.53. The molecule has 2 aromatic heterocycles. The fourth-order valence-electron chi connectivity index (χ4n) is 2.14. The number of aromatic nitrogens is 3. The summed E-state index contributed by atoms with van der Waals surface area (Å²) in [6, 6.07) is 0. The summed E-state index contributed by atoms with van der Waals surface area (Å²) in [5.74, 6) is 2.49. The smallest absolute Gasteiger partial charge is 0.228 e. The van der Waals surface area contributed by atoms with Gasteiger partial charge in [-0.25, -0.2) is 4.98 Å². The van der Waals surface area contributed by atoms with Gasteiger partial charge in [0.05, 0.1) is 10.7 Å². The van der Waals surface area contributed by atoms with Crippen LogP contribution in [0.1, 0.15) is 54.0 Å². The maximum absolute atomic E-state index is 5.25. The van der Waals surface area contributed by atoms with Gasteiger partial charge in [0.1, 0.15) is 0 Å². The number of hydrogen-bond acceptors (Lipinski definition) is 6. The maximum Gasteiger partial charge on any atom is 0.228 e. The lowest BCUT2D eigenvalue weighted by Gasteiger charge is -2.09. The van der Waals surface area contributed by atoms with Gasteiger partial charge in [-0.15, -0.1) is 11.3 Å². The second kappa shape index (κ2) is 9.50. The first-order valence-electron chi connectivity index (χ1n) is 8.77. The predicted molar refractivity (Wildman–Crippen MR) is 101 cm³/mol. The Morgan fingerprint density at radius 2 is 2.00 bits per heavy atom. The highest BCUT2D eigenvalue weighted by Crippen LogP contribution is 2.16. The van der Waals surface area contributed by atoms with E-state index in [9.17, 15) is 0 Å². The maximum atomic E-state index is 5.25. The lowest BCUT2D eigenvalue weighted by Crippen LogP contribution is -2.38. The molecular weight excluding hydrogens is 336 g/mol. The Hall–Kier alpha value is -1.96. The Balaban J connectivity index is 1.80. The molecule has 0 atom stereocenters. The molecule has 25 heavy (non-hydrogen) atoms. The van der Waals surface area contributed by atoms with Crippen LogP contribution < -0.4 is 10.6 Å². The van der Waals surface area contributed by atoms with Crippen molar-refractivity contribution in [3.8, 4) is 0 Å². The highest BCUT2D eigenvalue weighted by atomic mass is 32.1. The first-order chi connectivity index (χ1) is 12.0. The minimum absolute atomic E-state index is 0.280. The molecule has 8 heteroatoms. The molecule has 0 aliphatic rings. The zero-order valence-electron chi connectivity index (χ0n) is 15.7. The summed E-state index contributed by atoms with van der Waals surface area (Å²) < 4.78 is 5.25. The first-order valence-corrected chi connectivity index (χ1v) is 9.58. The fourth-order valence-corrected chi connectivity index (χ4v) is 3.07. The van der Waals surface area contributed by atoms with Crippen molar-refractivity contribution in [2.75, 3.05) is 19.6 Å². The van der Waals surface area contributed by atoms with Gasteiger partial charge in [0.15, 0.2) is 11.8 Å². The number of thiazole rings is 1. The van der Waals surface area contributed by atoms with Gasteiger partial charge in [0, 0.05) is 43.3 Å². The zero-order chi connectivity index (χ0) is 18.2. The molecule has 0 amide bonds. The second-order valence-electron chi connectivity index (χ2n) is 6.14. The third-order valence-electron chi connectivity index (χ3n) is 3.64. The van der Waals surface area contributed by atoms with Gasteiger partial charge in [-0.05, 0) is 20.8 Å². The molecule has 2 N–H and O–H groups in total. The number of nitrogens with one attached hydrogen (secondary N) is 2. The number of rotatable bonds is 8. The van der Waals surface area contributed by atoms with E-state index in [2.05, 4.69) is 44.6 Å². The van der Waals surface area contributed by atoms with Crippen LogP contribution >= 0.6 is 11.3 Å². The Kier molecular flexibility index (Phi) is 7.36.